The van der Waals surface area contributed by atoms with E-state index in [0.717, 1.165) is 0 Å². The molecule has 48 heavy (non-hydrogen) atoms. The number of aliphatic hydroxyl groups excluding tert-OH is 1. The van der Waals surface area contributed by atoms with Crippen molar-refractivity contribution in [1.82, 2.24) is 15.8 Å². The second kappa shape index (κ2) is 20.1. The molecule has 1 heterocycles. The third-order valence-electron chi connectivity index (χ3n) is 5.33. The molecule has 1 aromatic heterocycles. The molecular formula is C30H41BrF6N4O7. The SMILES string of the molecule is CC.CC.CC(C)(C)OC(=O)Nc1cc(C(F)(F)F)c(Br)nc1C(=O)NNC(=O)C(COCCCO)(OCc1ccccc1)C(F)(F)F. The second-order valence-corrected chi connectivity index (χ2v) is 10.7. The molecule has 1 unspecified atom stereocenters. The van der Waals surface area contributed by atoms with Crippen molar-refractivity contribution in [2.24, 2.45) is 0 Å². The number of carbonyl (C=O) groups is 3. The van der Waals surface area contributed by atoms with Crippen LogP contribution in [0, 0.1) is 0 Å². The predicted molar refractivity (Wildman–Crippen MR) is 168 cm³/mol. The summed E-state index contributed by atoms with van der Waals surface area (Å²) >= 11 is 2.58. The lowest BCUT2D eigenvalue weighted by atomic mass is 10.0. The van der Waals surface area contributed by atoms with Gasteiger partial charge in [0.05, 0.1) is 24.5 Å². The summed E-state index contributed by atoms with van der Waals surface area (Å²) in [5.41, 5.74) is -4.51. The van der Waals surface area contributed by atoms with Gasteiger partial charge in [-0.25, -0.2) is 9.78 Å². The van der Waals surface area contributed by atoms with Crippen LogP contribution in [-0.2, 0) is 31.8 Å². The highest BCUT2D eigenvalue weighted by molar-refractivity contribution is 9.10. The summed E-state index contributed by atoms with van der Waals surface area (Å²) in [4.78, 5) is 41.7. The van der Waals surface area contributed by atoms with Crippen molar-refractivity contribution in [3.8, 4) is 0 Å². The van der Waals surface area contributed by atoms with Gasteiger partial charge in [-0.3, -0.25) is 25.8 Å². The zero-order valence-corrected chi connectivity index (χ0v) is 29.1. The minimum absolute atomic E-state index is 0.0626. The molecule has 18 heteroatoms. The van der Waals surface area contributed by atoms with E-state index in [2.05, 4.69) is 20.9 Å². The van der Waals surface area contributed by atoms with E-state index >= 15 is 0 Å². The first kappa shape index (κ1) is 44.5. The van der Waals surface area contributed by atoms with E-state index in [4.69, 9.17) is 19.3 Å². The molecule has 3 amide bonds. The standard InChI is InChI=1S/C26H29BrF6N4O7.2C2H6/c1-23(2,3)44-22(41)34-17-12-16(25(28,29)30)19(27)35-18(17)20(39)36-37-21(40)24(26(31,32)33,14-42-11-7-10-38)43-13-15-8-5-4-6-9-15;2*1-2/h4-6,8-9,12,38H,7,10-11,13-14H2,1-3H3,(H,34,41)(H,36,39)(H,37,40);2*1-2H3. The number of pyridine rings is 1. The Hall–Kier alpha value is -3.48. The lowest BCUT2D eigenvalue weighted by Crippen LogP contribution is -2.64. The van der Waals surface area contributed by atoms with Gasteiger partial charge in [-0.15, -0.1) is 0 Å². The number of halogens is 7. The fraction of sp³-hybridized carbons (Fsp3) is 0.533. The number of amides is 3. The van der Waals surface area contributed by atoms with E-state index < -0.39 is 82.8 Å². The van der Waals surface area contributed by atoms with E-state index in [9.17, 15) is 40.7 Å². The molecule has 2 aromatic rings. The van der Waals surface area contributed by atoms with E-state index in [0.29, 0.717) is 6.07 Å². The zero-order valence-electron chi connectivity index (χ0n) is 27.5. The van der Waals surface area contributed by atoms with Crippen molar-refractivity contribution in [1.29, 1.82) is 0 Å². The lowest BCUT2D eigenvalue weighted by molar-refractivity contribution is -0.284. The van der Waals surface area contributed by atoms with Crippen LogP contribution in [0.4, 0.5) is 36.8 Å². The molecular weight excluding hydrogens is 722 g/mol. The van der Waals surface area contributed by atoms with Crippen molar-refractivity contribution < 1.29 is 60.0 Å². The highest BCUT2D eigenvalue weighted by Gasteiger charge is 2.62. The summed E-state index contributed by atoms with van der Waals surface area (Å²) in [6.45, 7) is 9.46. The van der Waals surface area contributed by atoms with Crippen molar-refractivity contribution in [2.45, 2.75) is 85.0 Å². The number of hydrogen-bond donors (Lipinski definition) is 4. The number of hydrazine groups is 1. The number of carbonyl (C=O) groups excluding carboxylic acids is 3. The van der Waals surface area contributed by atoms with Crippen LogP contribution in [0.25, 0.3) is 0 Å². The Labute approximate surface area is 283 Å². The Morgan fingerprint density at radius 1 is 0.938 bits per heavy atom. The number of ether oxygens (including phenoxy) is 3. The smallest absolute Gasteiger partial charge is 0.429 e. The van der Waals surface area contributed by atoms with Crippen molar-refractivity contribution >= 4 is 39.5 Å². The molecule has 0 bridgehead atoms. The molecule has 0 saturated heterocycles. The van der Waals surface area contributed by atoms with Crippen LogP contribution in [0.1, 0.15) is 76.5 Å². The minimum Gasteiger partial charge on any atom is -0.444 e. The van der Waals surface area contributed by atoms with Crippen LogP contribution in [-0.4, -0.2) is 65.2 Å². The largest absolute Gasteiger partial charge is 0.444 e. The topological polar surface area (TPSA) is 148 Å². The predicted octanol–water partition coefficient (Wildman–Crippen LogP) is 6.94. The Balaban J connectivity index is 0.00000531. The Morgan fingerprint density at radius 2 is 1.52 bits per heavy atom. The van der Waals surface area contributed by atoms with Crippen molar-refractivity contribution in [2.75, 3.05) is 25.1 Å². The Kier molecular flexibility index (Phi) is 18.7. The van der Waals surface area contributed by atoms with Gasteiger partial charge in [0.25, 0.3) is 17.4 Å². The monoisotopic (exact) mass is 762 g/mol. The first-order valence-electron chi connectivity index (χ1n) is 14.6. The van der Waals surface area contributed by atoms with Crippen LogP contribution < -0.4 is 16.2 Å². The first-order chi connectivity index (χ1) is 22.3. The second-order valence-electron chi connectivity index (χ2n) is 9.98. The number of nitrogens with one attached hydrogen (secondary N) is 3. The molecule has 0 aliphatic carbocycles. The molecule has 4 N–H and O–H groups in total. The molecule has 0 fully saturated rings. The summed E-state index contributed by atoms with van der Waals surface area (Å²) < 4.78 is 97.9. The maximum absolute atomic E-state index is 14.4. The van der Waals surface area contributed by atoms with Gasteiger partial charge in [-0.1, -0.05) is 58.0 Å². The van der Waals surface area contributed by atoms with E-state index in [1.807, 2.05) is 33.0 Å². The Bertz CT molecular complexity index is 1310. The molecule has 0 aliphatic rings. The lowest BCUT2D eigenvalue weighted by Gasteiger charge is -2.34. The van der Waals surface area contributed by atoms with E-state index in [1.165, 1.54) is 45.0 Å². The van der Waals surface area contributed by atoms with Crippen LogP contribution in [0.3, 0.4) is 0 Å². The number of hydrogen-bond acceptors (Lipinski definition) is 8. The average Bonchev–Trinajstić information content (AvgIpc) is 3.00. The van der Waals surface area contributed by atoms with Gasteiger partial charge in [-0.05, 0) is 54.8 Å². The molecule has 2 rings (SSSR count). The fourth-order valence-corrected chi connectivity index (χ4v) is 3.79. The molecule has 1 atom stereocenters. The summed E-state index contributed by atoms with van der Waals surface area (Å²) in [6.07, 6.45) is -11.8. The first-order valence-corrected chi connectivity index (χ1v) is 15.4. The third kappa shape index (κ3) is 13.9. The van der Waals surface area contributed by atoms with Crippen LogP contribution in [0.5, 0.6) is 0 Å². The van der Waals surface area contributed by atoms with Gasteiger partial charge < -0.3 is 19.3 Å². The average molecular weight is 764 g/mol. The molecule has 0 saturated carbocycles. The van der Waals surface area contributed by atoms with E-state index in [1.54, 1.807) is 16.9 Å². The summed E-state index contributed by atoms with van der Waals surface area (Å²) in [6, 6.07) is 7.84. The number of aliphatic hydroxyl groups is 1. The number of nitrogens with zero attached hydrogens (tertiary/aromatic N) is 1. The van der Waals surface area contributed by atoms with Gasteiger partial charge in [0, 0.05) is 13.2 Å². The number of alkyl halides is 6. The number of aromatic nitrogens is 1. The van der Waals surface area contributed by atoms with Gasteiger partial charge in [0.15, 0.2) is 5.69 Å². The zero-order chi connectivity index (χ0) is 37.3. The Morgan fingerprint density at radius 3 is 2.02 bits per heavy atom. The molecule has 0 aliphatic heterocycles. The van der Waals surface area contributed by atoms with Gasteiger partial charge in [0.1, 0.15) is 10.2 Å². The van der Waals surface area contributed by atoms with Gasteiger partial charge in [0.2, 0.25) is 0 Å². The van der Waals surface area contributed by atoms with E-state index in [-0.39, 0.29) is 18.6 Å². The molecule has 0 spiro atoms. The molecule has 1 aromatic carbocycles. The highest BCUT2D eigenvalue weighted by Crippen LogP contribution is 2.37. The highest BCUT2D eigenvalue weighted by atomic mass is 79.9. The van der Waals surface area contributed by atoms with Crippen molar-refractivity contribution in [3.63, 3.8) is 0 Å². The van der Waals surface area contributed by atoms with Gasteiger partial charge >= 0.3 is 18.4 Å². The van der Waals surface area contributed by atoms with Crippen LogP contribution in [0.2, 0.25) is 0 Å². The number of benzene rings is 1. The maximum Gasteiger partial charge on any atom is 0.429 e. The fourth-order valence-electron chi connectivity index (χ4n) is 3.27. The van der Waals surface area contributed by atoms with Crippen molar-refractivity contribution in [3.05, 3.63) is 57.8 Å². The minimum atomic E-state index is -5.42. The van der Waals surface area contributed by atoms with Gasteiger partial charge in [-0.2, -0.15) is 26.3 Å². The summed E-state index contributed by atoms with van der Waals surface area (Å²) in [5.74, 6) is -3.47. The number of anilines is 1. The normalized spacial score (nSPS) is 12.6. The summed E-state index contributed by atoms with van der Waals surface area (Å²) in [7, 11) is 0. The maximum atomic E-state index is 14.4. The van der Waals surface area contributed by atoms with Crippen LogP contribution >= 0.6 is 15.9 Å². The molecule has 11 nitrogen and oxygen atoms in total. The molecule has 0 radical (unpaired) electrons. The summed E-state index contributed by atoms with van der Waals surface area (Å²) in [5, 5.41) is 10.9. The molecule has 272 valence electrons. The quantitative estimate of drug-likeness (QED) is 0.0834. The number of rotatable bonds is 11. The third-order valence-corrected chi connectivity index (χ3v) is 5.93. The van der Waals surface area contributed by atoms with Crippen LogP contribution in [0.15, 0.2) is 41.0 Å².